The maximum absolute atomic E-state index is 13.0. The summed E-state index contributed by atoms with van der Waals surface area (Å²) in [5, 5.41) is 4.11. The molecule has 2 aromatic rings. The predicted molar refractivity (Wildman–Crippen MR) is 56.0 cm³/mol. The van der Waals surface area contributed by atoms with Gasteiger partial charge in [-0.1, -0.05) is 0 Å². The second-order valence-electron chi connectivity index (χ2n) is 2.98. The van der Waals surface area contributed by atoms with Crippen LogP contribution in [-0.4, -0.2) is 9.78 Å². The first-order valence-electron chi connectivity index (χ1n) is 4.14. The quantitative estimate of drug-likeness (QED) is 0.765. The number of aryl methyl sites for hydroxylation is 1. The molecule has 1 aromatic carbocycles. The molecule has 0 fully saturated rings. The van der Waals surface area contributed by atoms with Crippen LogP contribution >= 0.6 is 15.9 Å². The number of hydrogen-bond donors (Lipinski definition) is 0. The third kappa shape index (κ3) is 1.57. The van der Waals surface area contributed by atoms with Crippen LogP contribution in [0.5, 0.6) is 0 Å². The molecular weight excluding hydrogens is 247 g/mol. The molecule has 0 aliphatic rings. The molecule has 0 bridgehead atoms. The molecule has 2 nitrogen and oxygen atoms in total. The Morgan fingerprint density at radius 1 is 1.36 bits per heavy atom. The second kappa shape index (κ2) is 3.53. The number of aromatic nitrogens is 2. The summed E-state index contributed by atoms with van der Waals surface area (Å²) in [6.45, 7) is 1.92. The van der Waals surface area contributed by atoms with E-state index in [1.165, 1.54) is 12.1 Å². The fourth-order valence-electron chi connectivity index (χ4n) is 1.27. The molecule has 0 spiro atoms. The van der Waals surface area contributed by atoms with E-state index >= 15 is 0 Å². The third-order valence-electron chi connectivity index (χ3n) is 1.97. The number of benzene rings is 1. The normalized spacial score (nSPS) is 10.5. The summed E-state index contributed by atoms with van der Waals surface area (Å²) in [5.74, 6) is -0.266. The molecular formula is C10H8BrFN2. The lowest BCUT2D eigenvalue weighted by atomic mass is 10.3. The van der Waals surface area contributed by atoms with Gasteiger partial charge < -0.3 is 0 Å². The predicted octanol–water partition coefficient (Wildman–Crippen LogP) is 3.08. The average molecular weight is 255 g/mol. The van der Waals surface area contributed by atoms with E-state index in [-0.39, 0.29) is 5.82 Å². The van der Waals surface area contributed by atoms with Crippen molar-refractivity contribution in [2.75, 3.05) is 0 Å². The minimum absolute atomic E-state index is 0.266. The summed E-state index contributed by atoms with van der Waals surface area (Å²) >= 11 is 3.36. The van der Waals surface area contributed by atoms with Gasteiger partial charge in [-0.05, 0) is 41.1 Å². The van der Waals surface area contributed by atoms with E-state index in [2.05, 4.69) is 21.0 Å². The fraction of sp³-hybridized carbons (Fsp3) is 0.100. The zero-order valence-corrected chi connectivity index (χ0v) is 9.12. The topological polar surface area (TPSA) is 17.8 Å². The van der Waals surface area contributed by atoms with Crippen LogP contribution in [0.25, 0.3) is 5.69 Å². The van der Waals surface area contributed by atoms with Crippen LogP contribution in [-0.2, 0) is 0 Å². The number of halogens is 2. The highest BCUT2D eigenvalue weighted by Crippen LogP contribution is 2.22. The molecule has 0 saturated heterocycles. The van der Waals surface area contributed by atoms with Crippen LogP contribution in [0.15, 0.2) is 34.9 Å². The number of hydrogen-bond acceptors (Lipinski definition) is 1. The maximum atomic E-state index is 13.0. The molecule has 0 N–H and O–H groups in total. The molecule has 2 rings (SSSR count). The van der Waals surface area contributed by atoms with E-state index in [1.807, 2.05) is 13.0 Å². The Hall–Kier alpha value is -1.16. The summed E-state index contributed by atoms with van der Waals surface area (Å²) in [4.78, 5) is 0. The van der Waals surface area contributed by atoms with Crippen molar-refractivity contribution in [3.63, 3.8) is 0 Å². The van der Waals surface area contributed by atoms with Crippen molar-refractivity contribution in [1.82, 2.24) is 9.78 Å². The van der Waals surface area contributed by atoms with Gasteiger partial charge in [0.15, 0.2) is 0 Å². The Labute approximate surface area is 89.5 Å². The molecule has 72 valence electrons. The largest absolute Gasteiger partial charge is 0.237 e. The maximum Gasteiger partial charge on any atom is 0.125 e. The first kappa shape index (κ1) is 9.40. The Bertz CT molecular complexity index is 465. The van der Waals surface area contributed by atoms with E-state index < -0.39 is 0 Å². The summed E-state index contributed by atoms with van der Waals surface area (Å²) in [6.07, 6.45) is 1.69. The molecule has 0 unspecified atom stereocenters. The van der Waals surface area contributed by atoms with Crippen molar-refractivity contribution < 1.29 is 4.39 Å². The highest BCUT2D eigenvalue weighted by atomic mass is 79.9. The first-order valence-corrected chi connectivity index (χ1v) is 4.94. The van der Waals surface area contributed by atoms with E-state index in [0.717, 1.165) is 10.2 Å². The zero-order valence-electron chi connectivity index (χ0n) is 7.54. The lowest BCUT2D eigenvalue weighted by Gasteiger charge is -2.06. The zero-order chi connectivity index (χ0) is 10.1. The van der Waals surface area contributed by atoms with Crippen LogP contribution in [0.1, 0.15) is 5.69 Å². The summed E-state index contributed by atoms with van der Waals surface area (Å²) < 4.78 is 15.5. The Morgan fingerprint density at radius 2 is 2.14 bits per heavy atom. The van der Waals surface area contributed by atoms with E-state index in [9.17, 15) is 4.39 Å². The molecule has 14 heavy (non-hydrogen) atoms. The molecule has 0 amide bonds. The van der Waals surface area contributed by atoms with Gasteiger partial charge in [-0.15, -0.1) is 0 Å². The van der Waals surface area contributed by atoms with Crippen molar-refractivity contribution in [3.05, 3.63) is 46.4 Å². The Balaban J connectivity index is 2.62. The Kier molecular flexibility index (Phi) is 2.37. The molecule has 0 saturated carbocycles. The van der Waals surface area contributed by atoms with Crippen LogP contribution in [0.4, 0.5) is 4.39 Å². The van der Waals surface area contributed by atoms with Gasteiger partial charge in [0.25, 0.3) is 0 Å². The SMILES string of the molecule is Cc1ccnn1-c1cc(F)ccc1Br. The van der Waals surface area contributed by atoms with Crippen LogP contribution in [0, 0.1) is 12.7 Å². The minimum Gasteiger partial charge on any atom is -0.237 e. The van der Waals surface area contributed by atoms with Gasteiger partial charge in [0.1, 0.15) is 5.82 Å². The van der Waals surface area contributed by atoms with E-state index in [1.54, 1.807) is 16.9 Å². The van der Waals surface area contributed by atoms with Crippen LogP contribution in [0.2, 0.25) is 0 Å². The lowest BCUT2D eigenvalue weighted by molar-refractivity contribution is 0.624. The van der Waals surface area contributed by atoms with Gasteiger partial charge >= 0.3 is 0 Å². The van der Waals surface area contributed by atoms with Gasteiger partial charge in [-0.25, -0.2) is 9.07 Å². The second-order valence-corrected chi connectivity index (χ2v) is 3.83. The van der Waals surface area contributed by atoms with Crippen LogP contribution in [0.3, 0.4) is 0 Å². The molecule has 0 aliphatic carbocycles. The average Bonchev–Trinajstić information content (AvgIpc) is 2.56. The van der Waals surface area contributed by atoms with Crippen molar-refractivity contribution in [1.29, 1.82) is 0 Å². The lowest BCUT2D eigenvalue weighted by Crippen LogP contribution is -1.99. The summed E-state index contributed by atoms with van der Waals surface area (Å²) in [7, 11) is 0. The van der Waals surface area contributed by atoms with Gasteiger partial charge in [0.05, 0.1) is 5.69 Å². The van der Waals surface area contributed by atoms with Gasteiger partial charge in [0.2, 0.25) is 0 Å². The third-order valence-corrected chi connectivity index (χ3v) is 2.64. The van der Waals surface area contributed by atoms with Gasteiger partial charge in [-0.3, -0.25) is 0 Å². The van der Waals surface area contributed by atoms with Crippen molar-refractivity contribution >= 4 is 15.9 Å². The van der Waals surface area contributed by atoms with E-state index in [0.29, 0.717) is 5.69 Å². The van der Waals surface area contributed by atoms with Crippen molar-refractivity contribution in [2.45, 2.75) is 6.92 Å². The van der Waals surface area contributed by atoms with Gasteiger partial charge in [0, 0.05) is 22.4 Å². The van der Waals surface area contributed by atoms with E-state index in [4.69, 9.17) is 0 Å². The molecule has 1 aromatic heterocycles. The highest BCUT2D eigenvalue weighted by molar-refractivity contribution is 9.10. The number of nitrogens with zero attached hydrogens (tertiary/aromatic N) is 2. The molecule has 1 heterocycles. The van der Waals surface area contributed by atoms with Crippen molar-refractivity contribution in [3.8, 4) is 5.69 Å². The highest BCUT2D eigenvalue weighted by Gasteiger charge is 2.06. The minimum atomic E-state index is -0.266. The van der Waals surface area contributed by atoms with Gasteiger partial charge in [-0.2, -0.15) is 5.10 Å². The number of rotatable bonds is 1. The standard InChI is InChI=1S/C10H8BrFN2/c1-7-4-5-13-14(7)10-6-8(12)2-3-9(10)11/h2-6H,1H3. The smallest absolute Gasteiger partial charge is 0.125 e. The molecule has 0 aliphatic heterocycles. The summed E-state index contributed by atoms with van der Waals surface area (Å²) in [6, 6.07) is 6.40. The first-order chi connectivity index (χ1) is 6.68. The van der Waals surface area contributed by atoms with Crippen molar-refractivity contribution in [2.24, 2.45) is 0 Å². The molecule has 0 atom stereocenters. The fourth-order valence-corrected chi connectivity index (χ4v) is 1.68. The summed E-state index contributed by atoms with van der Waals surface area (Å²) in [5.41, 5.74) is 1.68. The monoisotopic (exact) mass is 254 g/mol. The molecule has 4 heteroatoms. The van der Waals surface area contributed by atoms with Crippen LogP contribution < -0.4 is 0 Å². The molecule has 0 radical (unpaired) electrons. The Morgan fingerprint density at radius 3 is 2.79 bits per heavy atom.